The van der Waals surface area contributed by atoms with Gasteiger partial charge in [-0.25, -0.2) is 0 Å². The number of benzene rings is 1. The normalized spacial score (nSPS) is 29.3. The molecular weight excluding hydrogens is 390 g/mol. The average Bonchev–Trinajstić information content (AvgIpc) is 3.12. The Morgan fingerprint density at radius 2 is 1.71 bits per heavy atom. The lowest BCUT2D eigenvalue weighted by molar-refractivity contribution is -0.159. The van der Waals surface area contributed by atoms with Gasteiger partial charge in [-0.2, -0.15) is 0 Å². The van der Waals surface area contributed by atoms with Crippen LogP contribution in [0.3, 0.4) is 0 Å². The molecule has 0 aromatic heterocycles. The number of aryl methyl sites for hydroxylation is 1. The van der Waals surface area contributed by atoms with Gasteiger partial charge in [0.2, 0.25) is 0 Å². The first-order chi connectivity index (χ1) is 13.5. The number of hydrogen-bond acceptors (Lipinski definition) is 5. The lowest BCUT2D eigenvalue weighted by Gasteiger charge is -2.51. The van der Waals surface area contributed by atoms with Crippen LogP contribution in [0.5, 0.6) is 0 Å². The summed E-state index contributed by atoms with van der Waals surface area (Å²) in [6.45, 7) is 3.66. The second-order valence-corrected chi connectivity index (χ2v) is 11.3. The average molecular weight is 420 g/mol. The number of ether oxygens (including phenoxy) is 1. The Labute approximate surface area is 175 Å². The van der Waals surface area contributed by atoms with E-state index in [-0.39, 0.29) is 17.8 Å². The van der Waals surface area contributed by atoms with Crippen molar-refractivity contribution in [1.82, 2.24) is 0 Å². The predicted molar refractivity (Wildman–Crippen MR) is 117 cm³/mol. The molecule has 1 N–H and O–H groups in total. The summed E-state index contributed by atoms with van der Waals surface area (Å²) in [6.07, 6.45) is 4.80. The van der Waals surface area contributed by atoms with E-state index in [1.807, 2.05) is 31.2 Å². The number of rotatable bonds is 4. The van der Waals surface area contributed by atoms with E-state index in [0.717, 1.165) is 24.1 Å². The van der Waals surface area contributed by atoms with E-state index in [0.29, 0.717) is 15.9 Å². The van der Waals surface area contributed by atoms with Gasteiger partial charge in [-0.05, 0) is 63.5 Å². The van der Waals surface area contributed by atoms with Crippen LogP contribution in [0.4, 0.5) is 5.69 Å². The summed E-state index contributed by atoms with van der Waals surface area (Å²) >= 11 is 4.28. The van der Waals surface area contributed by atoms with Crippen LogP contribution < -0.4 is 5.32 Å². The van der Waals surface area contributed by atoms with Crippen molar-refractivity contribution in [1.29, 1.82) is 0 Å². The predicted octanol–water partition coefficient (Wildman–Crippen LogP) is 4.87. The van der Waals surface area contributed by atoms with E-state index >= 15 is 0 Å². The topological polar surface area (TPSA) is 55.4 Å². The molecule has 1 spiro atoms. The van der Waals surface area contributed by atoms with E-state index in [2.05, 4.69) is 28.8 Å². The second kappa shape index (κ2) is 8.31. The second-order valence-electron chi connectivity index (χ2n) is 8.35. The summed E-state index contributed by atoms with van der Waals surface area (Å²) in [7, 11) is 0. The van der Waals surface area contributed by atoms with Gasteiger partial charge in [0.1, 0.15) is 0 Å². The highest BCUT2D eigenvalue weighted by molar-refractivity contribution is 8.21. The molecule has 6 heteroatoms. The van der Waals surface area contributed by atoms with Gasteiger partial charge in [-0.1, -0.05) is 24.1 Å². The van der Waals surface area contributed by atoms with Gasteiger partial charge in [0.25, 0.3) is 5.91 Å². The van der Waals surface area contributed by atoms with E-state index in [1.165, 1.54) is 30.8 Å². The molecule has 1 aromatic rings. The number of carbonyl (C=O) groups is 2. The molecule has 4 nitrogen and oxygen atoms in total. The standard InChI is InChI=1S/C22H29NO3S2/c1-14-6-8-19(9-7-14)23-20(24)15(2)26-21(25)16-12-17-4-3-5-18(13-16)22(17)27-10-11-28-22/h6-9,15-18H,3-5,10-13H2,1-2H3,(H,23,24)/t15-,16?,17-,18+/m0/s1. The first-order valence-electron chi connectivity index (χ1n) is 10.3. The summed E-state index contributed by atoms with van der Waals surface area (Å²) in [5.41, 5.74) is 1.86. The number of thioether (sulfide) groups is 2. The molecular formula is C22H29NO3S2. The molecule has 3 aliphatic rings. The van der Waals surface area contributed by atoms with E-state index in [9.17, 15) is 9.59 Å². The quantitative estimate of drug-likeness (QED) is 0.706. The summed E-state index contributed by atoms with van der Waals surface area (Å²) in [4.78, 5) is 25.2. The van der Waals surface area contributed by atoms with E-state index < -0.39 is 6.10 Å². The van der Waals surface area contributed by atoms with Gasteiger partial charge in [-0.15, -0.1) is 23.5 Å². The Balaban J connectivity index is 1.34. The molecule has 2 bridgehead atoms. The van der Waals surface area contributed by atoms with Gasteiger partial charge in [0, 0.05) is 17.2 Å². The van der Waals surface area contributed by atoms with E-state index in [4.69, 9.17) is 4.74 Å². The molecule has 1 aliphatic heterocycles. The molecule has 1 amide bonds. The number of esters is 1. The van der Waals surface area contributed by atoms with Crippen LogP contribution in [0.15, 0.2) is 24.3 Å². The van der Waals surface area contributed by atoms with Gasteiger partial charge in [0.05, 0.1) is 10.00 Å². The fourth-order valence-electron chi connectivity index (χ4n) is 5.01. The van der Waals surface area contributed by atoms with Gasteiger partial charge < -0.3 is 10.1 Å². The maximum Gasteiger partial charge on any atom is 0.309 e. The third-order valence-corrected chi connectivity index (χ3v) is 10.5. The Kier molecular flexibility index (Phi) is 5.98. The van der Waals surface area contributed by atoms with Crippen molar-refractivity contribution >= 4 is 41.1 Å². The first kappa shape index (κ1) is 20.1. The third-order valence-electron chi connectivity index (χ3n) is 6.43. The number of hydrogen-bond donors (Lipinski definition) is 1. The maximum atomic E-state index is 12.8. The van der Waals surface area contributed by atoms with Crippen molar-refractivity contribution in [2.45, 2.75) is 56.1 Å². The zero-order valence-corrected chi connectivity index (χ0v) is 18.2. The first-order valence-corrected chi connectivity index (χ1v) is 12.3. The van der Waals surface area contributed by atoms with Gasteiger partial charge in [-0.3, -0.25) is 9.59 Å². The van der Waals surface area contributed by atoms with Crippen molar-refractivity contribution in [2.75, 3.05) is 16.8 Å². The summed E-state index contributed by atoms with van der Waals surface area (Å²) in [6, 6.07) is 7.62. The van der Waals surface area contributed by atoms with Crippen LogP contribution in [-0.4, -0.2) is 33.6 Å². The molecule has 4 atom stereocenters. The highest BCUT2D eigenvalue weighted by Gasteiger charge is 2.55. The van der Waals surface area contributed by atoms with Crippen LogP contribution in [0.2, 0.25) is 0 Å². The SMILES string of the molecule is Cc1ccc(NC(=O)[C@H](C)OC(=O)C2C[C@H]3CCC[C@@H](C2)C32SCCS2)cc1. The molecule has 1 heterocycles. The zero-order chi connectivity index (χ0) is 19.7. The van der Waals surface area contributed by atoms with Crippen LogP contribution in [0, 0.1) is 24.7 Å². The van der Waals surface area contributed by atoms with Crippen LogP contribution in [0.1, 0.15) is 44.6 Å². The zero-order valence-electron chi connectivity index (χ0n) is 16.6. The van der Waals surface area contributed by atoms with Crippen LogP contribution >= 0.6 is 23.5 Å². The van der Waals surface area contributed by atoms with Crippen LogP contribution in [-0.2, 0) is 14.3 Å². The van der Waals surface area contributed by atoms with Crippen molar-refractivity contribution in [3.63, 3.8) is 0 Å². The summed E-state index contributed by atoms with van der Waals surface area (Å²) in [5.74, 6) is 3.17. The number of nitrogens with one attached hydrogen (secondary N) is 1. The van der Waals surface area contributed by atoms with Crippen molar-refractivity contribution in [3.05, 3.63) is 29.8 Å². The van der Waals surface area contributed by atoms with Gasteiger partial charge in [0.15, 0.2) is 6.10 Å². The van der Waals surface area contributed by atoms with Crippen molar-refractivity contribution in [2.24, 2.45) is 17.8 Å². The maximum absolute atomic E-state index is 12.8. The third kappa shape index (κ3) is 3.95. The smallest absolute Gasteiger partial charge is 0.309 e. The molecule has 28 heavy (non-hydrogen) atoms. The highest BCUT2D eigenvalue weighted by atomic mass is 32.2. The summed E-state index contributed by atoms with van der Waals surface area (Å²) in [5, 5.41) is 2.83. The van der Waals surface area contributed by atoms with E-state index in [1.54, 1.807) is 6.92 Å². The molecule has 4 rings (SSSR count). The fourth-order valence-corrected chi connectivity index (χ4v) is 8.94. The fraction of sp³-hybridized carbons (Fsp3) is 0.636. The minimum atomic E-state index is -0.778. The Morgan fingerprint density at radius 3 is 2.32 bits per heavy atom. The Hall–Kier alpha value is -1.14. The van der Waals surface area contributed by atoms with Crippen LogP contribution in [0.25, 0.3) is 0 Å². The molecule has 0 radical (unpaired) electrons. The number of anilines is 1. The molecule has 3 fully saturated rings. The van der Waals surface area contributed by atoms with Crippen molar-refractivity contribution in [3.8, 4) is 0 Å². The lowest BCUT2D eigenvalue weighted by Crippen LogP contribution is -2.48. The molecule has 1 aromatic carbocycles. The molecule has 1 unspecified atom stereocenters. The minimum Gasteiger partial charge on any atom is -0.452 e. The Bertz CT molecular complexity index is 714. The monoisotopic (exact) mass is 419 g/mol. The largest absolute Gasteiger partial charge is 0.452 e. The molecule has 2 saturated carbocycles. The number of carbonyl (C=O) groups excluding carboxylic acids is 2. The summed E-state index contributed by atoms with van der Waals surface area (Å²) < 4.78 is 5.95. The van der Waals surface area contributed by atoms with Gasteiger partial charge >= 0.3 is 5.97 Å². The molecule has 1 saturated heterocycles. The number of amides is 1. The molecule has 152 valence electrons. The lowest BCUT2D eigenvalue weighted by atomic mass is 9.67. The minimum absolute atomic E-state index is 0.0580. The van der Waals surface area contributed by atoms with Crippen molar-refractivity contribution < 1.29 is 14.3 Å². The molecule has 2 aliphatic carbocycles. The Morgan fingerprint density at radius 1 is 1.11 bits per heavy atom. The highest BCUT2D eigenvalue weighted by Crippen LogP contribution is 2.64.